The molecule has 0 bridgehead atoms. The Kier molecular flexibility index (Phi) is 3.03. The van der Waals surface area contributed by atoms with E-state index < -0.39 is 5.60 Å². The Hall–Kier alpha value is -1.52. The van der Waals surface area contributed by atoms with E-state index in [9.17, 15) is 9.50 Å². The Morgan fingerprint density at radius 2 is 2.10 bits per heavy atom. The van der Waals surface area contributed by atoms with Crippen LogP contribution in [-0.2, 0) is 18.6 Å². The standard InChI is InChI=1S/C16H19FN2O/c1-16(2,20)14-10-5-4-6-12(17)15(10)18-13-7-8-19(3)9-11(13)14/h4-6,20H,7-9H2,1-3H3. The Morgan fingerprint density at radius 1 is 1.35 bits per heavy atom. The summed E-state index contributed by atoms with van der Waals surface area (Å²) < 4.78 is 14.0. The van der Waals surface area contributed by atoms with E-state index in [1.807, 2.05) is 13.1 Å². The zero-order chi connectivity index (χ0) is 14.5. The number of halogens is 1. The summed E-state index contributed by atoms with van der Waals surface area (Å²) >= 11 is 0. The number of hydrogen-bond donors (Lipinski definition) is 1. The summed E-state index contributed by atoms with van der Waals surface area (Å²) in [5.41, 5.74) is 2.12. The van der Waals surface area contributed by atoms with Crippen LogP contribution in [0, 0.1) is 5.82 Å². The van der Waals surface area contributed by atoms with Crippen LogP contribution < -0.4 is 0 Å². The van der Waals surface area contributed by atoms with Gasteiger partial charge in [0.15, 0.2) is 0 Å². The molecule has 1 aromatic carbocycles. The number of hydrogen-bond acceptors (Lipinski definition) is 3. The molecule has 106 valence electrons. The van der Waals surface area contributed by atoms with Crippen LogP contribution in [0.25, 0.3) is 10.9 Å². The van der Waals surface area contributed by atoms with E-state index in [-0.39, 0.29) is 5.82 Å². The molecule has 1 N–H and O–H groups in total. The minimum atomic E-state index is -1.02. The molecule has 0 saturated carbocycles. The second-order valence-corrected chi connectivity index (χ2v) is 6.09. The molecule has 2 aromatic rings. The predicted octanol–water partition coefficient (Wildman–Crippen LogP) is 2.59. The number of rotatable bonds is 1. The molecule has 0 aliphatic carbocycles. The maximum absolute atomic E-state index is 14.0. The highest BCUT2D eigenvalue weighted by atomic mass is 19.1. The minimum Gasteiger partial charge on any atom is -0.386 e. The highest BCUT2D eigenvalue weighted by Crippen LogP contribution is 2.35. The number of benzene rings is 1. The monoisotopic (exact) mass is 274 g/mol. The van der Waals surface area contributed by atoms with E-state index in [0.29, 0.717) is 10.9 Å². The second kappa shape index (κ2) is 4.50. The van der Waals surface area contributed by atoms with Crippen LogP contribution in [0.15, 0.2) is 18.2 Å². The molecule has 3 rings (SSSR count). The topological polar surface area (TPSA) is 36.4 Å². The normalized spacial score (nSPS) is 16.4. The van der Waals surface area contributed by atoms with E-state index in [4.69, 9.17) is 0 Å². The van der Waals surface area contributed by atoms with Crippen LogP contribution in [0.3, 0.4) is 0 Å². The van der Waals surface area contributed by atoms with Crippen molar-refractivity contribution in [2.75, 3.05) is 13.6 Å². The van der Waals surface area contributed by atoms with Crippen LogP contribution in [0.1, 0.15) is 30.7 Å². The molecule has 20 heavy (non-hydrogen) atoms. The molecule has 0 spiro atoms. The molecule has 1 aliphatic rings. The first-order valence-electron chi connectivity index (χ1n) is 6.89. The number of likely N-dealkylation sites (N-methyl/N-ethyl adjacent to an activating group) is 1. The quantitative estimate of drug-likeness (QED) is 0.868. The van der Waals surface area contributed by atoms with Crippen LogP contribution in [0.4, 0.5) is 4.39 Å². The molecule has 3 nitrogen and oxygen atoms in total. The van der Waals surface area contributed by atoms with E-state index >= 15 is 0 Å². The third kappa shape index (κ3) is 2.09. The summed E-state index contributed by atoms with van der Waals surface area (Å²) in [6, 6.07) is 4.94. The molecule has 0 unspecified atom stereocenters. The summed E-state index contributed by atoms with van der Waals surface area (Å²) in [5, 5.41) is 11.3. The lowest BCUT2D eigenvalue weighted by molar-refractivity contribution is 0.0778. The van der Waals surface area contributed by atoms with E-state index in [1.165, 1.54) is 6.07 Å². The summed E-state index contributed by atoms with van der Waals surface area (Å²) in [7, 11) is 2.05. The number of para-hydroxylation sites is 1. The maximum atomic E-state index is 14.0. The molecule has 1 aliphatic heterocycles. The molecule has 0 fully saturated rings. The summed E-state index contributed by atoms with van der Waals surface area (Å²) in [4.78, 5) is 6.71. The predicted molar refractivity (Wildman–Crippen MR) is 77.0 cm³/mol. The Morgan fingerprint density at radius 3 is 2.80 bits per heavy atom. The third-order valence-corrected chi connectivity index (χ3v) is 3.92. The number of nitrogens with zero attached hydrogens (tertiary/aromatic N) is 2. The molecular weight excluding hydrogens is 255 g/mol. The second-order valence-electron chi connectivity index (χ2n) is 6.09. The van der Waals surface area contributed by atoms with Gasteiger partial charge in [-0.05, 0) is 38.1 Å². The van der Waals surface area contributed by atoms with Crippen LogP contribution in [0.5, 0.6) is 0 Å². The zero-order valence-corrected chi connectivity index (χ0v) is 12.1. The van der Waals surface area contributed by atoms with Gasteiger partial charge in [0, 0.05) is 30.6 Å². The molecule has 0 atom stereocenters. The van der Waals surface area contributed by atoms with Gasteiger partial charge < -0.3 is 10.0 Å². The number of fused-ring (bicyclic) bond motifs is 2. The first kappa shape index (κ1) is 13.5. The molecular formula is C16H19FN2O. The molecule has 4 heteroatoms. The van der Waals surface area contributed by atoms with Gasteiger partial charge in [0.2, 0.25) is 0 Å². The maximum Gasteiger partial charge on any atom is 0.149 e. The summed E-state index contributed by atoms with van der Waals surface area (Å²) in [6.07, 6.45) is 0.791. The third-order valence-electron chi connectivity index (χ3n) is 3.92. The Bertz CT molecular complexity index is 676. The first-order chi connectivity index (χ1) is 9.38. The summed E-state index contributed by atoms with van der Waals surface area (Å²) in [5.74, 6) is -0.324. The minimum absolute atomic E-state index is 0.324. The van der Waals surface area contributed by atoms with Crippen molar-refractivity contribution in [3.05, 3.63) is 40.8 Å². The fraction of sp³-hybridized carbons (Fsp3) is 0.438. The van der Waals surface area contributed by atoms with E-state index in [1.54, 1.807) is 19.9 Å². The smallest absolute Gasteiger partial charge is 0.149 e. The molecule has 1 aromatic heterocycles. The fourth-order valence-electron chi connectivity index (χ4n) is 3.06. The largest absolute Gasteiger partial charge is 0.386 e. The Balaban J connectivity index is 2.41. The van der Waals surface area contributed by atoms with Crippen LogP contribution in [-0.4, -0.2) is 28.6 Å². The van der Waals surface area contributed by atoms with E-state index in [0.717, 1.165) is 36.3 Å². The van der Waals surface area contributed by atoms with Crippen LogP contribution >= 0.6 is 0 Å². The lowest BCUT2D eigenvalue weighted by atomic mass is 9.86. The molecule has 0 saturated heterocycles. The first-order valence-corrected chi connectivity index (χ1v) is 6.89. The van der Waals surface area contributed by atoms with Gasteiger partial charge in [0.25, 0.3) is 0 Å². The summed E-state index contributed by atoms with van der Waals surface area (Å²) in [6.45, 7) is 5.16. The Labute approximate surface area is 118 Å². The van der Waals surface area contributed by atoms with Crippen molar-refractivity contribution in [3.63, 3.8) is 0 Å². The lowest BCUT2D eigenvalue weighted by Crippen LogP contribution is -2.31. The fourth-order valence-corrected chi connectivity index (χ4v) is 3.06. The highest BCUT2D eigenvalue weighted by Gasteiger charge is 2.29. The van der Waals surface area contributed by atoms with Crippen LogP contribution in [0.2, 0.25) is 0 Å². The average molecular weight is 274 g/mol. The van der Waals surface area contributed by atoms with Gasteiger partial charge in [-0.2, -0.15) is 0 Å². The van der Waals surface area contributed by atoms with Gasteiger partial charge in [-0.25, -0.2) is 9.37 Å². The highest BCUT2D eigenvalue weighted by molar-refractivity contribution is 5.85. The van der Waals surface area contributed by atoms with Crippen molar-refractivity contribution >= 4 is 10.9 Å². The number of pyridine rings is 1. The van der Waals surface area contributed by atoms with Crippen molar-refractivity contribution in [1.29, 1.82) is 0 Å². The number of aromatic nitrogens is 1. The van der Waals surface area contributed by atoms with Gasteiger partial charge in [0.05, 0.1) is 5.60 Å². The average Bonchev–Trinajstić information content (AvgIpc) is 2.35. The lowest BCUT2D eigenvalue weighted by Gasteiger charge is -2.31. The zero-order valence-electron chi connectivity index (χ0n) is 12.1. The van der Waals surface area contributed by atoms with E-state index in [2.05, 4.69) is 9.88 Å². The van der Waals surface area contributed by atoms with Crippen molar-refractivity contribution in [2.45, 2.75) is 32.4 Å². The van der Waals surface area contributed by atoms with Crippen molar-refractivity contribution in [2.24, 2.45) is 0 Å². The van der Waals surface area contributed by atoms with Gasteiger partial charge in [-0.3, -0.25) is 0 Å². The van der Waals surface area contributed by atoms with Gasteiger partial charge in [0.1, 0.15) is 11.3 Å². The van der Waals surface area contributed by atoms with Crippen molar-refractivity contribution in [1.82, 2.24) is 9.88 Å². The SMILES string of the molecule is CN1CCc2nc3c(F)cccc3c(C(C)(C)O)c2C1. The number of aliphatic hydroxyl groups is 1. The van der Waals surface area contributed by atoms with Gasteiger partial charge in [-0.1, -0.05) is 12.1 Å². The van der Waals surface area contributed by atoms with Crippen molar-refractivity contribution in [3.8, 4) is 0 Å². The molecule has 0 amide bonds. The van der Waals surface area contributed by atoms with Gasteiger partial charge >= 0.3 is 0 Å². The van der Waals surface area contributed by atoms with Gasteiger partial charge in [-0.15, -0.1) is 0 Å². The molecule has 2 heterocycles. The molecule has 0 radical (unpaired) electrons. The van der Waals surface area contributed by atoms with Crippen molar-refractivity contribution < 1.29 is 9.50 Å².